The van der Waals surface area contributed by atoms with Crippen LogP contribution in [0, 0.1) is 13.8 Å². The second-order valence-electron chi connectivity index (χ2n) is 7.10. The van der Waals surface area contributed by atoms with Gasteiger partial charge in [-0.3, -0.25) is 14.6 Å². The lowest BCUT2D eigenvalue weighted by molar-refractivity contribution is 0.0927. The molecule has 0 bridgehead atoms. The highest BCUT2D eigenvalue weighted by molar-refractivity contribution is 6.05. The van der Waals surface area contributed by atoms with Gasteiger partial charge in [-0.1, -0.05) is 25.3 Å². The van der Waals surface area contributed by atoms with Crippen molar-refractivity contribution in [1.82, 2.24) is 10.3 Å². The van der Waals surface area contributed by atoms with Crippen LogP contribution in [0.5, 0.6) is 0 Å². The van der Waals surface area contributed by atoms with E-state index in [0.717, 1.165) is 42.5 Å². The predicted molar refractivity (Wildman–Crippen MR) is 102 cm³/mol. The number of carbonyl (C=O) groups is 2. The van der Waals surface area contributed by atoms with E-state index >= 15 is 0 Å². The molecule has 2 N–H and O–H groups in total. The summed E-state index contributed by atoms with van der Waals surface area (Å²) in [5.41, 5.74) is 3.70. The molecule has 3 rings (SSSR count). The number of hydrogen-bond acceptors (Lipinski definition) is 3. The molecule has 0 radical (unpaired) electrons. The molecule has 26 heavy (non-hydrogen) atoms. The summed E-state index contributed by atoms with van der Waals surface area (Å²) in [4.78, 5) is 29.0. The fourth-order valence-electron chi connectivity index (χ4n) is 3.45. The van der Waals surface area contributed by atoms with Crippen LogP contribution in [0.1, 0.15) is 63.9 Å². The van der Waals surface area contributed by atoms with Crippen LogP contribution >= 0.6 is 0 Å². The molecule has 0 aliphatic heterocycles. The van der Waals surface area contributed by atoms with Gasteiger partial charge in [0, 0.05) is 24.1 Å². The molecule has 1 aromatic heterocycles. The molecule has 5 heteroatoms. The predicted octanol–water partition coefficient (Wildman–Crippen LogP) is 4.01. The fraction of sp³-hybridized carbons (Fsp3) is 0.381. The molecular weight excluding hydrogens is 326 g/mol. The standard InChI is InChI=1S/C21H25N3O2/c1-14-8-15(2)10-19(9-14)24-21(26)17-11-16(12-22-13-17)20(25)23-18-6-4-3-5-7-18/h8-13,18H,3-7H2,1-2H3,(H,23,25)(H,24,26). The first-order chi connectivity index (χ1) is 12.5. The number of aromatic nitrogens is 1. The number of aryl methyl sites for hydroxylation is 2. The minimum atomic E-state index is -0.269. The molecule has 0 saturated heterocycles. The molecular formula is C21H25N3O2. The van der Waals surface area contributed by atoms with E-state index in [4.69, 9.17) is 0 Å². The van der Waals surface area contributed by atoms with Crippen LogP contribution in [0.3, 0.4) is 0 Å². The third kappa shape index (κ3) is 4.69. The highest BCUT2D eigenvalue weighted by Crippen LogP contribution is 2.18. The number of carbonyl (C=O) groups excluding carboxylic acids is 2. The number of nitrogens with one attached hydrogen (secondary N) is 2. The maximum absolute atomic E-state index is 12.5. The number of benzene rings is 1. The van der Waals surface area contributed by atoms with Crippen molar-refractivity contribution in [1.29, 1.82) is 0 Å². The van der Waals surface area contributed by atoms with E-state index in [-0.39, 0.29) is 17.9 Å². The van der Waals surface area contributed by atoms with Crippen molar-refractivity contribution in [3.05, 3.63) is 58.9 Å². The lowest BCUT2D eigenvalue weighted by Crippen LogP contribution is -2.36. The lowest BCUT2D eigenvalue weighted by Gasteiger charge is -2.22. The van der Waals surface area contributed by atoms with Gasteiger partial charge in [0.2, 0.25) is 0 Å². The summed E-state index contributed by atoms with van der Waals surface area (Å²) >= 11 is 0. The Balaban J connectivity index is 1.69. The van der Waals surface area contributed by atoms with Gasteiger partial charge in [-0.05, 0) is 56.0 Å². The van der Waals surface area contributed by atoms with Gasteiger partial charge in [-0.25, -0.2) is 0 Å². The molecule has 0 atom stereocenters. The summed E-state index contributed by atoms with van der Waals surface area (Å²) in [7, 11) is 0. The smallest absolute Gasteiger partial charge is 0.257 e. The summed E-state index contributed by atoms with van der Waals surface area (Å²) in [6.07, 6.45) is 8.57. The van der Waals surface area contributed by atoms with Crippen molar-refractivity contribution in [2.45, 2.75) is 52.0 Å². The molecule has 1 fully saturated rings. The summed E-state index contributed by atoms with van der Waals surface area (Å²) in [5.74, 6) is -0.430. The largest absolute Gasteiger partial charge is 0.349 e. The Bertz CT molecular complexity index is 790. The van der Waals surface area contributed by atoms with E-state index in [9.17, 15) is 9.59 Å². The van der Waals surface area contributed by atoms with Gasteiger partial charge >= 0.3 is 0 Å². The molecule has 2 amide bonds. The molecule has 1 saturated carbocycles. The van der Waals surface area contributed by atoms with Gasteiger partial charge in [0.25, 0.3) is 11.8 Å². The van der Waals surface area contributed by atoms with Gasteiger partial charge in [0.15, 0.2) is 0 Å². The summed E-state index contributed by atoms with van der Waals surface area (Å²) in [5, 5.41) is 5.93. The Hall–Kier alpha value is -2.69. The molecule has 1 heterocycles. The minimum Gasteiger partial charge on any atom is -0.349 e. The molecule has 1 aliphatic carbocycles. The highest BCUT2D eigenvalue weighted by Gasteiger charge is 2.18. The van der Waals surface area contributed by atoms with Gasteiger partial charge < -0.3 is 10.6 Å². The monoisotopic (exact) mass is 351 g/mol. The van der Waals surface area contributed by atoms with Crippen LogP contribution in [-0.4, -0.2) is 22.8 Å². The highest BCUT2D eigenvalue weighted by atomic mass is 16.2. The Morgan fingerprint density at radius 1 is 0.885 bits per heavy atom. The zero-order valence-electron chi connectivity index (χ0n) is 15.3. The number of pyridine rings is 1. The van der Waals surface area contributed by atoms with E-state index < -0.39 is 0 Å². The van der Waals surface area contributed by atoms with Gasteiger partial charge in [-0.2, -0.15) is 0 Å². The third-order valence-electron chi connectivity index (χ3n) is 4.68. The summed E-state index contributed by atoms with van der Waals surface area (Å²) in [6, 6.07) is 7.70. The molecule has 2 aromatic rings. The van der Waals surface area contributed by atoms with Gasteiger partial charge in [0.05, 0.1) is 11.1 Å². The van der Waals surface area contributed by atoms with Crippen molar-refractivity contribution in [3.63, 3.8) is 0 Å². The average molecular weight is 351 g/mol. The normalized spacial score (nSPS) is 14.7. The molecule has 1 aromatic carbocycles. The first kappa shape index (κ1) is 18.1. The zero-order chi connectivity index (χ0) is 18.5. The number of rotatable bonds is 4. The Labute approximate surface area is 154 Å². The van der Waals surface area contributed by atoms with E-state index in [1.54, 1.807) is 6.07 Å². The Morgan fingerprint density at radius 2 is 1.50 bits per heavy atom. The molecule has 5 nitrogen and oxygen atoms in total. The SMILES string of the molecule is Cc1cc(C)cc(NC(=O)c2cncc(C(=O)NC3CCCCC3)c2)c1. The Morgan fingerprint density at radius 3 is 2.15 bits per heavy atom. The third-order valence-corrected chi connectivity index (χ3v) is 4.68. The van der Waals surface area contributed by atoms with Crippen LogP contribution in [0.2, 0.25) is 0 Å². The molecule has 1 aliphatic rings. The maximum atomic E-state index is 12.5. The van der Waals surface area contributed by atoms with Crippen LogP contribution in [0.4, 0.5) is 5.69 Å². The quantitative estimate of drug-likeness (QED) is 0.874. The summed E-state index contributed by atoms with van der Waals surface area (Å²) < 4.78 is 0. The van der Waals surface area contributed by atoms with Gasteiger partial charge in [0.1, 0.15) is 0 Å². The van der Waals surface area contributed by atoms with Crippen molar-refractivity contribution in [2.75, 3.05) is 5.32 Å². The molecule has 0 spiro atoms. The van der Waals surface area contributed by atoms with Crippen molar-refractivity contribution in [2.24, 2.45) is 0 Å². The van der Waals surface area contributed by atoms with E-state index in [0.29, 0.717) is 11.1 Å². The van der Waals surface area contributed by atoms with Crippen LogP contribution in [0.15, 0.2) is 36.7 Å². The van der Waals surface area contributed by atoms with Gasteiger partial charge in [-0.15, -0.1) is 0 Å². The number of amides is 2. The second kappa shape index (κ2) is 8.13. The van der Waals surface area contributed by atoms with Crippen LogP contribution in [0.25, 0.3) is 0 Å². The van der Waals surface area contributed by atoms with E-state index in [2.05, 4.69) is 15.6 Å². The van der Waals surface area contributed by atoms with E-state index in [1.165, 1.54) is 18.8 Å². The zero-order valence-corrected chi connectivity index (χ0v) is 15.3. The van der Waals surface area contributed by atoms with Crippen LogP contribution in [-0.2, 0) is 0 Å². The first-order valence-corrected chi connectivity index (χ1v) is 9.17. The van der Waals surface area contributed by atoms with Crippen LogP contribution < -0.4 is 10.6 Å². The fourth-order valence-corrected chi connectivity index (χ4v) is 3.45. The van der Waals surface area contributed by atoms with Crippen molar-refractivity contribution < 1.29 is 9.59 Å². The topological polar surface area (TPSA) is 71.1 Å². The van der Waals surface area contributed by atoms with Crippen molar-refractivity contribution in [3.8, 4) is 0 Å². The number of hydrogen-bond donors (Lipinski definition) is 2. The minimum absolute atomic E-state index is 0.162. The van der Waals surface area contributed by atoms with E-state index in [1.807, 2.05) is 32.0 Å². The Kier molecular flexibility index (Phi) is 5.66. The lowest BCUT2D eigenvalue weighted by atomic mass is 9.95. The molecule has 136 valence electrons. The first-order valence-electron chi connectivity index (χ1n) is 9.17. The average Bonchev–Trinajstić information content (AvgIpc) is 2.62. The molecule has 0 unspecified atom stereocenters. The maximum Gasteiger partial charge on any atom is 0.257 e. The van der Waals surface area contributed by atoms with Crippen molar-refractivity contribution >= 4 is 17.5 Å². The summed E-state index contributed by atoms with van der Waals surface area (Å²) in [6.45, 7) is 3.97. The number of nitrogens with zero attached hydrogens (tertiary/aromatic N) is 1. The number of anilines is 1. The second-order valence-corrected chi connectivity index (χ2v) is 7.10.